The fourth-order valence-electron chi connectivity index (χ4n) is 3.82. The summed E-state index contributed by atoms with van der Waals surface area (Å²) in [6, 6.07) is 2.50. The van der Waals surface area contributed by atoms with E-state index in [-0.39, 0.29) is 6.10 Å². The van der Waals surface area contributed by atoms with Crippen LogP contribution in [-0.4, -0.2) is 41.5 Å². The van der Waals surface area contributed by atoms with Crippen LogP contribution in [0.4, 0.5) is 0 Å². The van der Waals surface area contributed by atoms with Gasteiger partial charge in [0.15, 0.2) is 0 Å². The lowest BCUT2D eigenvalue weighted by Crippen LogP contribution is -2.26. The summed E-state index contributed by atoms with van der Waals surface area (Å²) in [7, 11) is 3.55. The first-order valence-electron chi connectivity index (χ1n) is 7.47. The molecule has 0 amide bonds. The minimum atomic E-state index is 0.232. The molecule has 0 bridgehead atoms. The van der Waals surface area contributed by atoms with Gasteiger partial charge in [0.2, 0.25) is 0 Å². The molecule has 5 nitrogen and oxygen atoms in total. The molecule has 3 rings (SSSR count). The Labute approximate surface area is 125 Å². The first kappa shape index (κ1) is 14.5. The van der Waals surface area contributed by atoms with E-state index in [0.29, 0.717) is 17.9 Å². The van der Waals surface area contributed by atoms with Crippen LogP contribution in [0, 0.1) is 18.8 Å². The molecule has 0 radical (unpaired) electrons. The van der Waals surface area contributed by atoms with Gasteiger partial charge in [-0.3, -0.25) is 0 Å². The second kappa shape index (κ2) is 5.73. The standard InChI is InChI=1S/C16H23N3O2/c1-10-14(7-12(8-20-3)15(10)21-4)19-6-5-13-11(2)17-9-18-16(13)19/h5-6,9-10,12,14-15H,7-8H2,1-4H3/t10?,12-,14+,15-/m0/s1. The van der Waals surface area contributed by atoms with E-state index in [4.69, 9.17) is 9.47 Å². The number of hydrogen-bond donors (Lipinski definition) is 0. The third-order valence-electron chi connectivity index (χ3n) is 4.85. The molecule has 5 heteroatoms. The number of hydrogen-bond acceptors (Lipinski definition) is 4. The van der Waals surface area contributed by atoms with Crippen molar-refractivity contribution in [3.8, 4) is 0 Å². The molecule has 1 unspecified atom stereocenters. The summed E-state index contributed by atoms with van der Waals surface area (Å²) in [4.78, 5) is 8.76. The van der Waals surface area contributed by atoms with Crippen molar-refractivity contribution in [1.82, 2.24) is 14.5 Å². The largest absolute Gasteiger partial charge is 0.384 e. The minimum absolute atomic E-state index is 0.232. The Bertz CT molecular complexity index is 625. The molecule has 1 aliphatic carbocycles. The maximum atomic E-state index is 5.73. The minimum Gasteiger partial charge on any atom is -0.384 e. The van der Waals surface area contributed by atoms with Gasteiger partial charge in [0.25, 0.3) is 0 Å². The van der Waals surface area contributed by atoms with Crippen molar-refractivity contribution in [2.24, 2.45) is 11.8 Å². The van der Waals surface area contributed by atoms with Crippen molar-refractivity contribution >= 4 is 11.0 Å². The molecule has 114 valence electrons. The number of fused-ring (bicyclic) bond motifs is 1. The van der Waals surface area contributed by atoms with Gasteiger partial charge in [-0.25, -0.2) is 9.97 Å². The molecule has 2 aromatic rings. The van der Waals surface area contributed by atoms with E-state index in [1.54, 1.807) is 20.5 Å². The van der Waals surface area contributed by atoms with Gasteiger partial charge in [0.05, 0.1) is 18.4 Å². The van der Waals surface area contributed by atoms with Crippen LogP contribution < -0.4 is 0 Å². The lowest BCUT2D eigenvalue weighted by atomic mass is 10.0. The Morgan fingerprint density at radius 3 is 2.86 bits per heavy atom. The van der Waals surface area contributed by atoms with Crippen LogP contribution in [0.3, 0.4) is 0 Å². The smallest absolute Gasteiger partial charge is 0.143 e. The lowest BCUT2D eigenvalue weighted by Gasteiger charge is -2.22. The van der Waals surface area contributed by atoms with Crippen molar-refractivity contribution < 1.29 is 9.47 Å². The van der Waals surface area contributed by atoms with E-state index in [2.05, 4.69) is 33.7 Å². The van der Waals surface area contributed by atoms with E-state index in [1.807, 2.05) is 6.92 Å². The van der Waals surface area contributed by atoms with Crippen molar-refractivity contribution in [3.05, 3.63) is 24.3 Å². The van der Waals surface area contributed by atoms with Gasteiger partial charge in [-0.15, -0.1) is 0 Å². The fraction of sp³-hybridized carbons (Fsp3) is 0.625. The topological polar surface area (TPSA) is 49.2 Å². The zero-order chi connectivity index (χ0) is 15.0. The van der Waals surface area contributed by atoms with Gasteiger partial charge in [-0.2, -0.15) is 0 Å². The predicted octanol–water partition coefficient (Wildman–Crippen LogP) is 2.60. The summed E-state index contributed by atoms with van der Waals surface area (Å²) >= 11 is 0. The second-order valence-electron chi connectivity index (χ2n) is 6.00. The highest BCUT2D eigenvalue weighted by Gasteiger charge is 2.42. The van der Waals surface area contributed by atoms with Gasteiger partial charge in [0.1, 0.15) is 12.0 Å². The molecular formula is C16H23N3O2. The summed E-state index contributed by atoms with van der Waals surface area (Å²) in [5, 5.41) is 1.13. The Kier molecular flexibility index (Phi) is 3.95. The third kappa shape index (κ3) is 2.34. The Hall–Kier alpha value is -1.46. The molecule has 21 heavy (non-hydrogen) atoms. The molecular weight excluding hydrogens is 266 g/mol. The Balaban J connectivity index is 1.97. The van der Waals surface area contributed by atoms with E-state index < -0.39 is 0 Å². The molecule has 0 spiro atoms. The van der Waals surface area contributed by atoms with Gasteiger partial charge in [0, 0.05) is 43.7 Å². The molecule has 2 heterocycles. The van der Waals surface area contributed by atoms with Crippen LogP contribution in [0.1, 0.15) is 25.1 Å². The second-order valence-corrected chi connectivity index (χ2v) is 6.00. The van der Waals surface area contributed by atoms with E-state index in [0.717, 1.165) is 29.8 Å². The van der Waals surface area contributed by atoms with Crippen LogP contribution in [0.2, 0.25) is 0 Å². The molecule has 0 aliphatic heterocycles. The first-order valence-corrected chi connectivity index (χ1v) is 7.47. The third-order valence-corrected chi connectivity index (χ3v) is 4.85. The number of ether oxygens (including phenoxy) is 2. The molecule has 0 N–H and O–H groups in total. The van der Waals surface area contributed by atoms with Crippen molar-refractivity contribution in [2.75, 3.05) is 20.8 Å². The number of rotatable bonds is 4. The maximum absolute atomic E-state index is 5.73. The summed E-state index contributed by atoms with van der Waals surface area (Å²) < 4.78 is 13.4. The van der Waals surface area contributed by atoms with E-state index in [9.17, 15) is 0 Å². The van der Waals surface area contributed by atoms with Gasteiger partial charge >= 0.3 is 0 Å². The maximum Gasteiger partial charge on any atom is 0.143 e. The molecule has 0 saturated heterocycles. The highest BCUT2D eigenvalue weighted by atomic mass is 16.5. The van der Waals surface area contributed by atoms with Crippen LogP contribution in [-0.2, 0) is 9.47 Å². The van der Waals surface area contributed by atoms with E-state index >= 15 is 0 Å². The Morgan fingerprint density at radius 1 is 1.33 bits per heavy atom. The van der Waals surface area contributed by atoms with Crippen LogP contribution >= 0.6 is 0 Å². The molecule has 1 aliphatic rings. The fourth-order valence-corrected chi connectivity index (χ4v) is 3.82. The number of aryl methyl sites for hydroxylation is 1. The van der Waals surface area contributed by atoms with E-state index in [1.165, 1.54) is 0 Å². The number of nitrogens with zero attached hydrogens (tertiary/aromatic N) is 3. The summed E-state index contributed by atoms with van der Waals surface area (Å²) in [6.45, 7) is 5.03. The molecule has 1 fully saturated rings. The molecule has 0 aromatic carbocycles. The molecule has 1 saturated carbocycles. The SMILES string of the molecule is COC[C@@H]1C[C@@H](n2ccc3c(C)ncnc32)C(C)[C@@H]1OC. The monoisotopic (exact) mass is 289 g/mol. The summed E-state index contributed by atoms with van der Waals surface area (Å²) in [6.07, 6.45) is 5.07. The van der Waals surface area contributed by atoms with Crippen LogP contribution in [0.15, 0.2) is 18.6 Å². The van der Waals surface area contributed by atoms with Gasteiger partial charge < -0.3 is 14.0 Å². The lowest BCUT2D eigenvalue weighted by molar-refractivity contribution is 0.0111. The first-order chi connectivity index (χ1) is 10.2. The summed E-state index contributed by atoms with van der Waals surface area (Å²) in [5.41, 5.74) is 2.05. The number of methoxy groups -OCH3 is 2. The molecule has 2 aromatic heterocycles. The van der Waals surface area contributed by atoms with Gasteiger partial charge in [-0.05, 0) is 19.4 Å². The quantitative estimate of drug-likeness (QED) is 0.868. The number of aromatic nitrogens is 3. The van der Waals surface area contributed by atoms with Crippen LogP contribution in [0.25, 0.3) is 11.0 Å². The average molecular weight is 289 g/mol. The van der Waals surface area contributed by atoms with Crippen molar-refractivity contribution in [3.63, 3.8) is 0 Å². The normalized spacial score (nSPS) is 29.3. The summed E-state index contributed by atoms with van der Waals surface area (Å²) in [5.74, 6) is 0.862. The zero-order valence-corrected chi connectivity index (χ0v) is 13.1. The highest BCUT2D eigenvalue weighted by Crippen LogP contribution is 2.42. The zero-order valence-electron chi connectivity index (χ0n) is 13.1. The molecule has 4 atom stereocenters. The van der Waals surface area contributed by atoms with Crippen molar-refractivity contribution in [1.29, 1.82) is 0 Å². The van der Waals surface area contributed by atoms with Gasteiger partial charge in [-0.1, -0.05) is 6.92 Å². The van der Waals surface area contributed by atoms with Crippen molar-refractivity contribution in [2.45, 2.75) is 32.4 Å². The highest BCUT2D eigenvalue weighted by molar-refractivity contribution is 5.78. The van der Waals surface area contributed by atoms with Crippen LogP contribution in [0.5, 0.6) is 0 Å². The predicted molar refractivity (Wildman–Crippen MR) is 81.2 cm³/mol. The Morgan fingerprint density at radius 2 is 2.14 bits per heavy atom. The average Bonchev–Trinajstić information content (AvgIpc) is 3.02.